The summed E-state index contributed by atoms with van der Waals surface area (Å²) in [4.78, 5) is 16.5. The van der Waals surface area contributed by atoms with Gasteiger partial charge in [0.1, 0.15) is 11.2 Å². The highest BCUT2D eigenvalue weighted by Gasteiger charge is 2.30. The second kappa shape index (κ2) is 8.36. The Morgan fingerprint density at radius 2 is 1.94 bits per heavy atom. The molecular formula is C25H25N7O2. The van der Waals surface area contributed by atoms with E-state index in [2.05, 4.69) is 25.0 Å². The van der Waals surface area contributed by atoms with Gasteiger partial charge in [0, 0.05) is 40.7 Å². The average molecular weight is 456 g/mol. The van der Waals surface area contributed by atoms with Crippen molar-refractivity contribution in [2.45, 2.75) is 26.0 Å². The Labute approximate surface area is 196 Å². The van der Waals surface area contributed by atoms with Crippen LogP contribution < -0.4 is 5.73 Å². The van der Waals surface area contributed by atoms with Gasteiger partial charge in [0.2, 0.25) is 5.95 Å². The predicted molar refractivity (Wildman–Crippen MR) is 130 cm³/mol. The van der Waals surface area contributed by atoms with E-state index in [1.807, 2.05) is 49.6 Å². The third-order valence-electron chi connectivity index (χ3n) is 6.01. The van der Waals surface area contributed by atoms with Crippen LogP contribution in [0.25, 0.3) is 33.4 Å². The third-order valence-corrected chi connectivity index (χ3v) is 6.01. The fourth-order valence-electron chi connectivity index (χ4n) is 4.22. The number of hydrogen-bond donors (Lipinski definition) is 4. The maximum atomic E-state index is 11.4. The van der Waals surface area contributed by atoms with Crippen LogP contribution in [0.15, 0.2) is 61.2 Å². The maximum Gasteiger partial charge on any atom is 0.220 e. The van der Waals surface area contributed by atoms with Crippen LogP contribution in [0.1, 0.15) is 23.7 Å². The standard InChI is InChI=1S/C25H25N7O2/c1-15-5-3-4-6-20(15)25(2,34)22-10-21(30-24(26)31-22)19-13-28-23-18(19)9-16(11-27-23)17-12-29-32(14-17)7-8-33/h3-6,9-14,33-34H,7-8H2,1-2H3,(H,27,28)(H2,26,30,31). The van der Waals surface area contributed by atoms with E-state index in [1.165, 1.54) is 0 Å². The summed E-state index contributed by atoms with van der Waals surface area (Å²) in [6.45, 7) is 4.10. The Hall–Kier alpha value is -4.08. The third kappa shape index (κ3) is 3.81. The number of anilines is 1. The molecule has 0 saturated heterocycles. The molecular weight excluding hydrogens is 430 g/mol. The van der Waals surface area contributed by atoms with Crippen molar-refractivity contribution in [3.63, 3.8) is 0 Å². The number of nitrogens with zero attached hydrogens (tertiary/aromatic N) is 5. The molecule has 0 aliphatic heterocycles. The number of aliphatic hydroxyl groups excluding tert-OH is 1. The molecule has 4 heterocycles. The number of hydrogen-bond acceptors (Lipinski definition) is 7. The summed E-state index contributed by atoms with van der Waals surface area (Å²) in [6, 6.07) is 11.4. The van der Waals surface area contributed by atoms with Crippen molar-refractivity contribution in [3.05, 3.63) is 78.0 Å². The lowest BCUT2D eigenvalue weighted by atomic mass is 9.88. The monoisotopic (exact) mass is 455 g/mol. The van der Waals surface area contributed by atoms with E-state index >= 15 is 0 Å². The van der Waals surface area contributed by atoms with Crippen molar-refractivity contribution in [1.29, 1.82) is 0 Å². The van der Waals surface area contributed by atoms with Gasteiger partial charge in [-0.05, 0) is 37.1 Å². The average Bonchev–Trinajstić information content (AvgIpc) is 3.46. The molecule has 1 unspecified atom stereocenters. The maximum absolute atomic E-state index is 11.4. The lowest BCUT2D eigenvalue weighted by molar-refractivity contribution is 0.0968. The zero-order chi connectivity index (χ0) is 23.9. The lowest BCUT2D eigenvalue weighted by Crippen LogP contribution is -2.26. The Morgan fingerprint density at radius 1 is 1.12 bits per heavy atom. The minimum absolute atomic E-state index is 0.0180. The summed E-state index contributed by atoms with van der Waals surface area (Å²) in [6.07, 6.45) is 7.20. The summed E-state index contributed by atoms with van der Waals surface area (Å²) in [5, 5.41) is 25.7. The SMILES string of the molecule is Cc1ccccc1C(C)(O)c1cc(-c2c[nH]c3ncc(-c4cnn(CCO)c4)cc23)nc(N)n1. The van der Waals surface area contributed by atoms with Crippen LogP contribution in [-0.4, -0.2) is 46.5 Å². The number of rotatable bonds is 6. The van der Waals surface area contributed by atoms with Crippen molar-refractivity contribution in [1.82, 2.24) is 29.7 Å². The van der Waals surface area contributed by atoms with Gasteiger partial charge >= 0.3 is 0 Å². The van der Waals surface area contributed by atoms with Gasteiger partial charge in [-0.25, -0.2) is 15.0 Å². The molecule has 0 saturated carbocycles. The number of benzene rings is 1. The first kappa shape index (κ1) is 21.7. The molecule has 9 heteroatoms. The molecule has 0 fully saturated rings. The zero-order valence-electron chi connectivity index (χ0n) is 18.9. The summed E-state index contributed by atoms with van der Waals surface area (Å²) < 4.78 is 1.68. The Kier molecular flexibility index (Phi) is 5.35. The number of aryl methyl sites for hydroxylation is 1. The molecule has 0 bridgehead atoms. The highest BCUT2D eigenvalue weighted by atomic mass is 16.3. The van der Waals surface area contributed by atoms with Crippen LogP contribution in [0.5, 0.6) is 0 Å². The number of aromatic nitrogens is 6. The van der Waals surface area contributed by atoms with E-state index in [1.54, 1.807) is 30.1 Å². The van der Waals surface area contributed by atoms with Gasteiger partial charge in [0.15, 0.2) is 0 Å². The number of aromatic amines is 1. The second-order valence-corrected chi connectivity index (χ2v) is 8.42. The van der Waals surface area contributed by atoms with Gasteiger partial charge in [0.05, 0.1) is 30.7 Å². The molecule has 0 aliphatic carbocycles. The Morgan fingerprint density at radius 3 is 2.74 bits per heavy atom. The topological polar surface area (TPSA) is 139 Å². The smallest absolute Gasteiger partial charge is 0.220 e. The van der Waals surface area contributed by atoms with Crippen LogP contribution in [0.3, 0.4) is 0 Å². The van der Waals surface area contributed by atoms with Crippen molar-refractivity contribution < 1.29 is 10.2 Å². The molecule has 9 nitrogen and oxygen atoms in total. The van der Waals surface area contributed by atoms with Crippen LogP contribution >= 0.6 is 0 Å². The van der Waals surface area contributed by atoms with Crippen LogP contribution in [0.4, 0.5) is 5.95 Å². The van der Waals surface area contributed by atoms with E-state index in [0.29, 0.717) is 23.6 Å². The van der Waals surface area contributed by atoms with E-state index < -0.39 is 5.60 Å². The van der Waals surface area contributed by atoms with Gasteiger partial charge in [-0.3, -0.25) is 4.68 Å². The molecule has 0 radical (unpaired) electrons. The largest absolute Gasteiger partial charge is 0.394 e. The van der Waals surface area contributed by atoms with Crippen molar-refractivity contribution in [2.24, 2.45) is 0 Å². The fourth-order valence-corrected chi connectivity index (χ4v) is 4.22. The van der Waals surface area contributed by atoms with Gasteiger partial charge in [-0.2, -0.15) is 5.10 Å². The normalized spacial score (nSPS) is 13.3. The van der Waals surface area contributed by atoms with Gasteiger partial charge in [-0.15, -0.1) is 0 Å². The van der Waals surface area contributed by atoms with E-state index in [9.17, 15) is 5.11 Å². The number of pyridine rings is 1. The second-order valence-electron chi connectivity index (χ2n) is 8.42. The number of H-pyrrole nitrogens is 1. The predicted octanol–water partition coefficient (Wildman–Crippen LogP) is 3.02. The number of fused-ring (bicyclic) bond motifs is 1. The Balaban J connectivity index is 1.60. The first-order valence-corrected chi connectivity index (χ1v) is 10.9. The van der Waals surface area contributed by atoms with E-state index in [-0.39, 0.29) is 12.6 Å². The first-order chi connectivity index (χ1) is 16.4. The number of nitrogen functional groups attached to an aromatic ring is 1. The molecule has 0 aliphatic rings. The van der Waals surface area contributed by atoms with Crippen LogP contribution in [-0.2, 0) is 12.1 Å². The minimum atomic E-state index is -1.35. The lowest BCUT2D eigenvalue weighted by Gasteiger charge is -2.25. The van der Waals surface area contributed by atoms with Crippen molar-refractivity contribution in [3.8, 4) is 22.4 Å². The molecule has 172 valence electrons. The summed E-state index contributed by atoms with van der Waals surface area (Å²) in [7, 11) is 0. The fraction of sp³-hybridized carbons (Fsp3) is 0.200. The van der Waals surface area contributed by atoms with Gasteiger partial charge in [0.25, 0.3) is 0 Å². The summed E-state index contributed by atoms with van der Waals surface area (Å²) in [5.74, 6) is 0.0742. The highest BCUT2D eigenvalue weighted by molar-refractivity contribution is 5.95. The van der Waals surface area contributed by atoms with Crippen molar-refractivity contribution in [2.75, 3.05) is 12.3 Å². The number of aliphatic hydroxyl groups is 2. The van der Waals surface area contributed by atoms with E-state index in [4.69, 9.17) is 10.8 Å². The number of nitrogens with one attached hydrogen (secondary N) is 1. The van der Waals surface area contributed by atoms with Crippen LogP contribution in [0, 0.1) is 6.92 Å². The van der Waals surface area contributed by atoms with Gasteiger partial charge < -0.3 is 20.9 Å². The molecule has 1 aromatic carbocycles. The zero-order valence-corrected chi connectivity index (χ0v) is 18.9. The molecule has 5 rings (SSSR count). The van der Waals surface area contributed by atoms with Gasteiger partial charge in [-0.1, -0.05) is 24.3 Å². The molecule has 4 aromatic heterocycles. The summed E-state index contributed by atoms with van der Waals surface area (Å²) >= 11 is 0. The van der Waals surface area contributed by atoms with E-state index in [0.717, 1.165) is 33.2 Å². The molecule has 0 amide bonds. The van der Waals surface area contributed by atoms with Crippen LogP contribution in [0.2, 0.25) is 0 Å². The molecule has 1 atom stereocenters. The molecule has 34 heavy (non-hydrogen) atoms. The molecule has 5 N–H and O–H groups in total. The minimum Gasteiger partial charge on any atom is -0.394 e. The van der Waals surface area contributed by atoms with Crippen molar-refractivity contribution >= 4 is 17.0 Å². The Bertz CT molecular complexity index is 1490. The first-order valence-electron chi connectivity index (χ1n) is 10.9. The molecule has 5 aromatic rings. The molecule has 0 spiro atoms. The quantitative estimate of drug-likeness (QED) is 0.309. The highest BCUT2D eigenvalue weighted by Crippen LogP contribution is 2.35. The number of nitrogens with two attached hydrogens (primary N) is 1. The summed E-state index contributed by atoms with van der Waals surface area (Å²) in [5.41, 5.74) is 10.7.